The topological polar surface area (TPSA) is 41.3 Å². The third-order valence-corrected chi connectivity index (χ3v) is 5.26. The molecule has 0 radical (unpaired) electrons. The number of hydrogen-bond donors (Lipinski definition) is 2. The first-order valence-corrected chi connectivity index (χ1v) is 7.53. The Morgan fingerprint density at radius 1 is 1.12 bits per heavy atom. The molecular formula is C14H27N3. The summed E-state index contributed by atoms with van der Waals surface area (Å²) < 4.78 is 0. The molecule has 2 saturated heterocycles. The van der Waals surface area contributed by atoms with E-state index in [-0.39, 0.29) is 5.54 Å². The minimum Gasteiger partial charge on any atom is -0.329 e. The molecule has 2 aliphatic heterocycles. The zero-order valence-corrected chi connectivity index (χ0v) is 11.0. The number of rotatable bonds is 3. The minimum absolute atomic E-state index is 0.264. The summed E-state index contributed by atoms with van der Waals surface area (Å²) in [6.07, 6.45) is 10.9. The molecule has 0 spiro atoms. The van der Waals surface area contributed by atoms with Crippen molar-refractivity contribution < 1.29 is 0 Å². The largest absolute Gasteiger partial charge is 0.329 e. The van der Waals surface area contributed by atoms with Crippen molar-refractivity contribution in [3.05, 3.63) is 0 Å². The molecule has 1 saturated carbocycles. The van der Waals surface area contributed by atoms with E-state index in [1.54, 1.807) is 0 Å². The number of piperidine rings is 1. The van der Waals surface area contributed by atoms with Crippen molar-refractivity contribution >= 4 is 0 Å². The molecule has 3 nitrogen and oxygen atoms in total. The van der Waals surface area contributed by atoms with Crippen LogP contribution in [-0.2, 0) is 0 Å². The van der Waals surface area contributed by atoms with Gasteiger partial charge in [0.05, 0.1) is 0 Å². The lowest BCUT2D eigenvalue weighted by molar-refractivity contribution is 0.102. The molecule has 98 valence electrons. The molecule has 2 atom stereocenters. The number of fused-ring (bicyclic) bond motifs is 1. The predicted molar refractivity (Wildman–Crippen MR) is 71.0 cm³/mol. The second-order valence-corrected chi connectivity index (χ2v) is 6.40. The fraction of sp³-hybridized carbons (Fsp3) is 1.00. The second kappa shape index (κ2) is 4.87. The van der Waals surface area contributed by atoms with Crippen LogP contribution in [0, 0.1) is 0 Å². The summed E-state index contributed by atoms with van der Waals surface area (Å²) in [5.74, 6) is 0. The molecule has 2 heterocycles. The number of nitrogens with two attached hydrogens (primary N) is 1. The van der Waals surface area contributed by atoms with Crippen LogP contribution in [0.1, 0.15) is 51.4 Å². The van der Waals surface area contributed by atoms with Gasteiger partial charge in [-0.3, -0.25) is 0 Å². The molecule has 17 heavy (non-hydrogen) atoms. The van der Waals surface area contributed by atoms with Gasteiger partial charge in [0.2, 0.25) is 0 Å². The Morgan fingerprint density at radius 3 is 2.71 bits per heavy atom. The van der Waals surface area contributed by atoms with Crippen LogP contribution in [0.2, 0.25) is 0 Å². The quantitative estimate of drug-likeness (QED) is 0.781. The van der Waals surface area contributed by atoms with Gasteiger partial charge in [-0.05, 0) is 45.1 Å². The van der Waals surface area contributed by atoms with Crippen LogP contribution in [0.5, 0.6) is 0 Å². The molecule has 2 unspecified atom stereocenters. The van der Waals surface area contributed by atoms with Crippen LogP contribution in [-0.4, -0.2) is 42.2 Å². The Balaban J connectivity index is 1.64. The van der Waals surface area contributed by atoms with E-state index in [0.717, 1.165) is 18.6 Å². The Hall–Kier alpha value is -0.120. The maximum absolute atomic E-state index is 6.12. The molecule has 3 heteroatoms. The molecular weight excluding hydrogens is 210 g/mol. The lowest BCUT2D eigenvalue weighted by Gasteiger charge is -2.45. The van der Waals surface area contributed by atoms with Crippen molar-refractivity contribution in [1.82, 2.24) is 10.2 Å². The zero-order valence-electron chi connectivity index (χ0n) is 11.0. The number of hydrogen-bond acceptors (Lipinski definition) is 3. The van der Waals surface area contributed by atoms with E-state index < -0.39 is 0 Å². The summed E-state index contributed by atoms with van der Waals surface area (Å²) >= 11 is 0. The van der Waals surface area contributed by atoms with E-state index in [1.807, 2.05) is 0 Å². The normalized spacial score (nSPS) is 39.7. The van der Waals surface area contributed by atoms with E-state index in [0.29, 0.717) is 0 Å². The molecule has 3 fully saturated rings. The van der Waals surface area contributed by atoms with Crippen molar-refractivity contribution in [2.24, 2.45) is 5.73 Å². The Bertz CT molecular complexity index is 258. The van der Waals surface area contributed by atoms with Crippen molar-refractivity contribution in [2.75, 3.05) is 19.6 Å². The van der Waals surface area contributed by atoms with Crippen LogP contribution in [0.15, 0.2) is 0 Å². The van der Waals surface area contributed by atoms with Crippen LogP contribution < -0.4 is 11.1 Å². The maximum atomic E-state index is 6.12. The molecule has 0 aromatic rings. The molecule has 1 aliphatic carbocycles. The maximum Gasteiger partial charge on any atom is 0.0333 e. The van der Waals surface area contributed by atoms with Crippen molar-refractivity contribution in [2.45, 2.75) is 69.0 Å². The van der Waals surface area contributed by atoms with E-state index >= 15 is 0 Å². The average Bonchev–Trinajstić information content (AvgIpc) is 2.99. The van der Waals surface area contributed by atoms with E-state index in [2.05, 4.69) is 10.2 Å². The lowest BCUT2D eigenvalue weighted by atomic mass is 9.82. The van der Waals surface area contributed by atoms with Crippen LogP contribution in [0.4, 0.5) is 0 Å². The summed E-state index contributed by atoms with van der Waals surface area (Å²) in [5, 5.41) is 3.94. The molecule has 3 aliphatic rings. The van der Waals surface area contributed by atoms with Crippen molar-refractivity contribution in [3.8, 4) is 0 Å². The molecule has 0 aromatic carbocycles. The average molecular weight is 237 g/mol. The number of nitrogens with zero attached hydrogens (tertiary/aromatic N) is 1. The standard InChI is InChI=1S/C14H27N3/c15-11-14(16-12-4-1-2-5-12)7-9-17-8-3-6-13(17)10-14/h12-13,16H,1-11,15H2. The van der Waals surface area contributed by atoms with Gasteiger partial charge in [-0.2, -0.15) is 0 Å². The van der Waals surface area contributed by atoms with Gasteiger partial charge in [-0.1, -0.05) is 12.8 Å². The van der Waals surface area contributed by atoms with Gasteiger partial charge < -0.3 is 16.0 Å². The fourth-order valence-electron chi connectivity index (χ4n) is 4.21. The van der Waals surface area contributed by atoms with Crippen LogP contribution in [0.3, 0.4) is 0 Å². The SMILES string of the molecule is NCC1(NC2CCCC2)CCN2CCCC2C1. The van der Waals surface area contributed by atoms with Gasteiger partial charge in [0, 0.05) is 30.7 Å². The summed E-state index contributed by atoms with van der Waals surface area (Å²) in [7, 11) is 0. The van der Waals surface area contributed by atoms with Gasteiger partial charge in [0.1, 0.15) is 0 Å². The summed E-state index contributed by atoms with van der Waals surface area (Å²) in [5.41, 5.74) is 6.38. The predicted octanol–water partition coefficient (Wildman–Crippen LogP) is 1.47. The second-order valence-electron chi connectivity index (χ2n) is 6.40. The fourth-order valence-corrected chi connectivity index (χ4v) is 4.21. The van der Waals surface area contributed by atoms with Gasteiger partial charge in [0.25, 0.3) is 0 Å². The summed E-state index contributed by atoms with van der Waals surface area (Å²) in [6.45, 7) is 3.42. The first-order valence-electron chi connectivity index (χ1n) is 7.53. The number of nitrogens with one attached hydrogen (secondary N) is 1. The highest BCUT2D eigenvalue weighted by Gasteiger charge is 2.41. The van der Waals surface area contributed by atoms with E-state index in [4.69, 9.17) is 5.73 Å². The van der Waals surface area contributed by atoms with E-state index in [1.165, 1.54) is 64.5 Å². The summed E-state index contributed by atoms with van der Waals surface area (Å²) in [4.78, 5) is 2.68. The van der Waals surface area contributed by atoms with Gasteiger partial charge in [-0.25, -0.2) is 0 Å². The smallest absolute Gasteiger partial charge is 0.0333 e. The first-order chi connectivity index (χ1) is 8.31. The first kappa shape index (κ1) is 11.9. The van der Waals surface area contributed by atoms with Crippen molar-refractivity contribution in [1.29, 1.82) is 0 Å². The third kappa shape index (κ3) is 2.38. The highest BCUT2D eigenvalue weighted by molar-refractivity contribution is 5.02. The van der Waals surface area contributed by atoms with Gasteiger partial charge in [0.15, 0.2) is 0 Å². The Morgan fingerprint density at radius 2 is 1.94 bits per heavy atom. The molecule has 3 rings (SSSR count). The third-order valence-electron chi connectivity index (χ3n) is 5.26. The van der Waals surface area contributed by atoms with Crippen LogP contribution >= 0.6 is 0 Å². The zero-order chi connectivity index (χ0) is 11.7. The monoisotopic (exact) mass is 237 g/mol. The minimum atomic E-state index is 0.264. The Kier molecular flexibility index (Phi) is 3.42. The van der Waals surface area contributed by atoms with Crippen molar-refractivity contribution in [3.63, 3.8) is 0 Å². The van der Waals surface area contributed by atoms with Gasteiger partial charge >= 0.3 is 0 Å². The highest BCUT2D eigenvalue weighted by Crippen LogP contribution is 2.34. The van der Waals surface area contributed by atoms with Crippen LogP contribution in [0.25, 0.3) is 0 Å². The summed E-state index contributed by atoms with van der Waals surface area (Å²) in [6, 6.07) is 1.58. The lowest BCUT2D eigenvalue weighted by Crippen LogP contribution is -2.61. The molecule has 0 amide bonds. The Labute approximate surface area is 105 Å². The molecule has 0 aromatic heterocycles. The molecule has 3 N–H and O–H groups in total. The van der Waals surface area contributed by atoms with Gasteiger partial charge in [-0.15, -0.1) is 0 Å². The highest BCUT2D eigenvalue weighted by atomic mass is 15.2. The van der Waals surface area contributed by atoms with E-state index in [9.17, 15) is 0 Å². The molecule has 0 bridgehead atoms.